The van der Waals surface area contributed by atoms with Gasteiger partial charge in [-0.15, -0.1) is 0 Å². The molecular weight excluding hydrogens is 234 g/mol. The molecule has 0 aromatic carbocycles. The molecule has 7 heteroatoms. The highest BCUT2D eigenvalue weighted by atomic mass is 16.2. The molecule has 1 aliphatic carbocycles. The molecule has 7 nitrogen and oxygen atoms in total. The molecule has 98 valence electrons. The molecule has 18 heavy (non-hydrogen) atoms. The van der Waals surface area contributed by atoms with Crippen LogP contribution in [0.1, 0.15) is 24.7 Å². The summed E-state index contributed by atoms with van der Waals surface area (Å²) in [5.74, 6) is -0.601. The summed E-state index contributed by atoms with van der Waals surface area (Å²) in [7, 11) is 0. The summed E-state index contributed by atoms with van der Waals surface area (Å²) in [5.41, 5.74) is 7.17. The van der Waals surface area contributed by atoms with Crippen LogP contribution in [0.15, 0.2) is 0 Å². The minimum atomic E-state index is -0.253. The van der Waals surface area contributed by atoms with Gasteiger partial charge in [0.05, 0.1) is 11.4 Å². The molecule has 1 heterocycles. The van der Waals surface area contributed by atoms with E-state index in [9.17, 15) is 9.59 Å². The molecule has 0 aliphatic heterocycles. The van der Waals surface area contributed by atoms with E-state index in [0.717, 1.165) is 17.8 Å². The summed E-state index contributed by atoms with van der Waals surface area (Å²) in [6.45, 7) is 1.95. The van der Waals surface area contributed by atoms with E-state index in [4.69, 9.17) is 5.73 Å². The smallest absolute Gasteiger partial charge is 0.232 e. The molecule has 1 aromatic rings. The zero-order chi connectivity index (χ0) is 13.1. The average Bonchev–Trinajstić information content (AvgIpc) is 2.81. The Morgan fingerprint density at radius 2 is 2.17 bits per heavy atom. The van der Waals surface area contributed by atoms with Crippen LogP contribution in [-0.2, 0) is 22.4 Å². The maximum absolute atomic E-state index is 12.3. The van der Waals surface area contributed by atoms with E-state index in [1.807, 2.05) is 0 Å². The second-order valence-corrected chi connectivity index (χ2v) is 4.45. The third kappa shape index (κ3) is 2.40. The normalized spacial score (nSPS) is 18.2. The number of imide groups is 1. The number of aromatic nitrogens is 3. The number of nitrogens with two attached hydrogens (primary N) is 1. The van der Waals surface area contributed by atoms with Gasteiger partial charge in [0, 0.05) is 32.4 Å². The van der Waals surface area contributed by atoms with Gasteiger partial charge in [-0.25, -0.2) is 0 Å². The molecule has 1 unspecified atom stereocenters. The fourth-order valence-electron chi connectivity index (χ4n) is 2.27. The zero-order valence-electron chi connectivity index (χ0n) is 10.3. The number of fused-ring (bicyclic) bond motifs is 1. The average molecular weight is 251 g/mol. The molecule has 1 atom stereocenters. The van der Waals surface area contributed by atoms with E-state index in [0.29, 0.717) is 12.8 Å². The molecule has 1 aromatic heterocycles. The number of carbonyl (C=O) groups excluding carboxylic acids is 2. The SMILES string of the molecule is CC(=O)N(CCN)C(=O)C1CCc2n[nH]nc2C1. The minimum Gasteiger partial charge on any atom is -0.329 e. The Hall–Kier alpha value is -1.76. The van der Waals surface area contributed by atoms with Crippen molar-refractivity contribution in [3.05, 3.63) is 11.4 Å². The summed E-state index contributed by atoms with van der Waals surface area (Å²) in [4.78, 5) is 24.9. The molecule has 0 bridgehead atoms. The predicted molar refractivity (Wildman–Crippen MR) is 63.3 cm³/mol. The van der Waals surface area contributed by atoms with Crippen molar-refractivity contribution >= 4 is 11.8 Å². The minimum absolute atomic E-state index is 0.151. The largest absolute Gasteiger partial charge is 0.329 e. The van der Waals surface area contributed by atoms with Gasteiger partial charge in [-0.3, -0.25) is 14.5 Å². The second-order valence-electron chi connectivity index (χ2n) is 4.45. The summed E-state index contributed by atoms with van der Waals surface area (Å²) >= 11 is 0. The number of amides is 2. The summed E-state index contributed by atoms with van der Waals surface area (Å²) in [6.07, 6.45) is 1.96. The second kappa shape index (κ2) is 5.26. The first-order valence-electron chi connectivity index (χ1n) is 6.04. The van der Waals surface area contributed by atoms with E-state index in [1.54, 1.807) is 0 Å². The fraction of sp³-hybridized carbons (Fsp3) is 0.636. The van der Waals surface area contributed by atoms with E-state index in [1.165, 1.54) is 11.8 Å². The number of aryl methyl sites for hydroxylation is 1. The van der Waals surface area contributed by atoms with Crippen LogP contribution in [0.25, 0.3) is 0 Å². The first-order chi connectivity index (χ1) is 8.63. The number of hydrogen-bond donors (Lipinski definition) is 2. The highest BCUT2D eigenvalue weighted by molar-refractivity contribution is 5.95. The molecule has 1 aliphatic rings. The first-order valence-corrected chi connectivity index (χ1v) is 6.04. The Morgan fingerprint density at radius 3 is 2.83 bits per heavy atom. The van der Waals surface area contributed by atoms with Crippen molar-refractivity contribution in [2.75, 3.05) is 13.1 Å². The molecule has 3 N–H and O–H groups in total. The number of hydrogen-bond acceptors (Lipinski definition) is 5. The van der Waals surface area contributed by atoms with Gasteiger partial charge in [-0.1, -0.05) is 0 Å². The van der Waals surface area contributed by atoms with Crippen LogP contribution >= 0.6 is 0 Å². The van der Waals surface area contributed by atoms with Crippen LogP contribution in [-0.4, -0.2) is 45.2 Å². The van der Waals surface area contributed by atoms with Crippen LogP contribution in [0.3, 0.4) is 0 Å². The highest BCUT2D eigenvalue weighted by Gasteiger charge is 2.31. The fourth-order valence-corrected chi connectivity index (χ4v) is 2.27. The Balaban J connectivity index is 2.08. The zero-order valence-corrected chi connectivity index (χ0v) is 10.3. The van der Waals surface area contributed by atoms with Crippen molar-refractivity contribution in [3.63, 3.8) is 0 Å². The van der Waals surface area contributed by atoms with E-state index < -0.39 is 0 Å². The van der Waals surface area contributed by atoms with Crippen molar-refractivity contribution < 1.29 is 9.59 Å². The van der Waals surface area contributed by atoms with Crippen molar-refractivity contribution in [1.29, 1.82) is 0 Å². The summed E-state index contributed by atoms with van der Waals surface area (Å²) in [5, 5.41) is 10.6. The number of aromatic amines is 1. The molecule has 2 amide bonds. The van der Waals surface area contributed by atoms with E-state index in [2.05, 4.69) is 15.4 Å². The lowest BCUT2D eigenvalue weighted by molar-refractivity contribution is -0.146. The van der Waals surface area contributed by atoms with Crippen LogP contribution in [0.2, 0.25) is 0 Å². The first kappa shape index (κ1) is 12.7. The number of nitrogens with one attached hydrogen (secondary N) is 1. The topological polar surface area (TPSA) is 105 Å². The Labute approximate surface area is 105 Å². The number of H-pyrrole nitrogens is 1. The molecule has 0 saturated heterocycles. The molecule has 0 saturated carbocycles. The molecule has 0 fully saturated rings. The van der Waals surface area contributed by atoms with Gasteiger partial charge in [0.1, 0.15) is 0 Å². The van der Waals surface area contributed by atoms with Gasteiger partial charge >= 0.3 is 0 Å². The maximum Gasteiger partial charge on any atom is 0.232 e. The van der Waals surface area contributed by atoms with Crippen LogP contribution in [0.5, 0.6) is 0 Å². The maximum atomic E-state index is 12.3. The number of carbonyl (C=O) groups is 2. The molecule has 0 radical (unpaired) electrons. The lowest BCUT2D eigenvalue weighted by Crippen LogP contribution is -2.43. The van der Waals surface area contributed by atoms with Crippen molar-refractivity contribution in [2.24, 2.45) is 11.7 Å². The highest BCUT2D eigenvalue weighted by Crippen LogP contribution is 2.23. The third-order valence-electron chi connectivity index (χ3n) is 3.22. The number of rotatable bonds is 3. The van der Waals surface area contributed by atoms with Crippen molar-refractivity contribution in [3.8, 4) is 0 Å². The Morgan fingerprint density at radius 1 is 1.44 bits per heavy atom. The lowest BCUT2D eigenvalue weighted by atomic mass is 9.88. The van der Waals surface area contributed by atoms with Gasteiger partial charge in [0.15, 0.2) is 0 Å². The van der Waals surface area contributed by atoms with Crippen LogP contribution in [0, 0.1) is 5.92 Å². The standard InChI is InChI=1S/C11H17N5O2/c1-7(17)16(5-4-12)11(18)8-2-3-9-10(6-8)14-15-13-9/h8H,2-6,12H2,1H3,(H,13,14,15). The van der Waals surface area contributed by atoms with Crippen molar-refractivity contribution in [2.45, 2.75) is 26.2 Å². The quantitative estimate of drug-likeness (QED) is 0.735. The molecular formula is C11H17N5O2. The van der Waals surface area contributed by atoms with Gasteiger partial charge in [0.25, 0.3) is 0 Å². The van der Waals surface area contributed by atoms with Gasteiger partial charge in [-0.05, 0) is 12.8 Å². The van der Waals surface area contributed by atoms with E-state index >= 15 is 0 Å². The summed E-state index contributed by atoms with van der Waals surface area (Å²) < 4.78 is 0. The lowest BCUT2D eigenvalue weighted by Gasteiger charge is -2.26. The Bertz CT molecular complexity index is 456. The molecule has 0 spiro atoms. The van der Waals surface area contributed by atoms with Crippen LogP contribution < -0.4 is 5.73 Å². The molecule has 2 rings (SSSR count). The summed E-state index contributed by atoms with van der Waals surface area (Å²) in [6, 6.07) is 0. The van der Waals surface area contributed by atoms with Gasteiger partial charge < -0.3 is 5.73 Å². The number of nitrogens with zero attached hydrogens (tertiary/aromatic N) is 3. The third-order valence-corrected chi connectivity index (χ3v) is 3.22. The van der Waals surface area contributed by atoms with E-state index in [-0.39, 0.29) is 30.8 Å². The van der Waals surface area contributed by atoms with Crippen LogP contribution in [0.4, 0.5) is 0 Å². The predicted octanol–water partition coefficient (Wildman–Crippen LogP) is -0.757. The monoisotopic (exact) mass is 251 g/mol. The van der Waals surface area contributed by atoms with Gasteiger partial charge in [0.2, 0.25) is 11.8 Å². The van der Waals surface area contributed by atoms with Gasteiger partial charge in [-0.2, -0.15) is 15.4 Å². The van der Waals surface area contributed by atoms with Crippen molar-refractivity contribution in [1.82, 2.24) is 20.3 Å². The Kier molecular flexibility index (Phi) is 3.71.